The molecular weight excluding hydrogens is 160 g/mol. The van der Waals surface area contributed by atoms with Gasteiger partial charge in [0.25, 0.3) is 5.97 Å². The van der Waals surface area contributed by atoms with Crippen LogP contribution in [0.4, 0.5) is 0 Å². The van der Waals surface area contributed by atoms with Gasteiger partial charge in [-0.25, -0.2) is 0 Å². The Bertz CT molecular complexity index is 172. The number of rotatable bonds is 0. The van der Waals surface area contributed by atoms with Crippen molar-refractivity contribution in [3.8, 4) is 0 Å². The van der Waals surface area contributed by atoms with Gasteiger partial charge in [0.15, 0.2) is 5.79 Å². The second-order valence-electron chi connectivity index (χ2n) is 3.55. The zero-order valence-electron chi connectivity index (χ0n) is 7.21. The quantitative estimate of drug-likeness (QED) is 0.584. The lowest BCUT2D eigenvalue weighted by Gasteiger charge is -2.31. The van der Waals surface area contributed by atoms with Crippen molar-refractivity contribution < 1.29 is 19.3 Å². The summed E-state index contributed by atoms with van der Waals surface area (Å²) >= 11 is 0. The van der Waals surface area contributed by atoms with Crippen molar-refractivity contribution >= 4 is 0 Å². The van der Waals surface area contributed by atoms with E-state index in [0.717, 1.165) is 12.8 Å². The van der Waals surface area contributed by atoms with Crippen LogP contribution >= 0.6 is 0 Å². The van der Waals surface area contributed by atoms with Gasteiger partial charge in [0, 0.05) is 6.42 Å². The first-order chi connectivity index (χ1) is 5.62. The average molecular weight is 174 g/mol. The number of aliphatic hydroxyl groups is 1. The minimum Gasteiger partial charge on any atom is -0.364 e. The summed E-state index contributed by atoms with van der Waals surface area (Å²) in [7, 11) is 0. The summed E-state index contributed by atoms with van der Waals surface area (Å²) in [5.74, 6) is -2.13. The Morgan fingerprint density at radius 2 is 2.08 bits per heavy atom. The molecule has 1 spiro atoms. The average Bonchev–Trinajstić information content (AvgIpc) is 2.29. The van der Waals surface area contributed by atoms with Crippen LogP contribution in [0.15, 0.2) is 0 Å². The van der Waals surface area contributed by atoms with Gasteiger partial charge in [0.05, 0.1) is 6.61 Å². The summed E-state index contributed by atoms with van der Waals surface area (Å²) < 4.78 is 15.9. The number of hydrogen-bond donors (Lipinski definition) is 1. The smallest absolute Gasteiger partial charge is 0.285 e. The van der Waals surface area contributed by atoms with Gasteiger partial charge in [-0.1, -0.05) is 0 Å². The summed E-state index contributed by atoms with van der Waals surface area (Å²) in [4.78, 5) is 0. The maximum absolute atomic E-state index is 9.48. The maximum atomic E-state index is 9.48. The van der Waals surface area contributed by atoms with Gasteiger partial charge in [-0.2, -0.15) is 0 Å². The first-order valence-corrected chi connectivity index (χ1v) is 4.32. The van der Waals surface area contributed by atoms with Gasteiger partial charge in [-0.05, 0) is 19.8 Å². The number of hydrogen-bond acceptors (Lipinski definition) is 4. The number of ether oxygens (including phenoxy) is 3. The van der Waals surface area contributed by atoms with E-state index in [4.69, 9.17) is 14.2 Å². The molecule has 2 saturated heterocycles. The minimum absolute atomic E-state index is 0.188. The molecule has 2 unspecified atom stereocenters. The predicted molar refractivity (Wildman–Crippen MR) is 40.2 cm³/mol. The van der Waals surface area contributed by atoms with Crippen LogP contribution in [-0.2, 0) is 14.2 Å². The molecule has 70 valence electrons. The van der Waals surface area contributed by atoms with E-state index in [1.807, 2.05) is 0 Å². The predicted octanol–water partition coefficient (Wildman–Crippen LogP) is 0.596. The first kappa shape index (κ1) is 8.44. The Hall–Kier alpha value is -0.160. The Kier molecular flexibility index (Phi) is 1.88. The van der Waals surface area contributed by atoms with E-state index in [0.29, 0.717) is 13.0 Å². The fraction of sp³-hybridized carbons (Fsp3) is 1.00. The highest BCUT2D eigenvalue weighted by atomic mass is 16.9. The third-order valence-electron chi connectivity index (χ3n) is 2.13. The second-order valence-corrected chi connectivity index (χ2v) is 3.55. The molecule has 2 heterocycles. The van der Waals surface area contributed by atoms with E-state index in [-0.39, 0.29) is 6.61 Å². The van der Waals surface area contributed by atoms with Gasteiger partial charge >= 0.3 is 0 Å². The van der Waals surface area contributed by atoms with E-state index < -0.39 is 11.8 Å². The van der Waals surface area contributed by atoms with E-state index in [1.54, 1.807) is 6.92 Å². The molecule has 0 aromatic carbocycles. The van der Waals surface area contributed by atoms with Crippen LogP contribution in [0.25, 0.3) is 0 Å². The highest BCUT2D eigenvalue weighted by Gasteiger charge is 2.49. The topological polar surface area (TPSA) is 47.9 Å². The molecule has 12 heavy (non-hydrogen) atoms. The van der Waals surface area contributed by atoms with Crippen molar-refractivity contribution in [3.63, 3.8) is 0 Å². The molecule has 2 fully saturated rings. The summed E-state index contributed by atoms with van der Waals surface area (Å²) in [5.41, 5.74) is 0. The van der Waals surface area contributed by atoms with Crippen molar-refractivity contribution in [2.24, 2.45) is 0 Å². The molecular formula is C8H14O4. The van der Waals surface area contributed by atoms with Gasteiger partial charge in [0.2, 0.25) is 0 Å². The minimum atomic E-state index is -1.18. The molecule has 0 aromatic heterocycles. The Labute approximate surface area is 71.4 Å². The van der Waals surface area contributed by atoms with Crippen molar-refractivity contribution in [2.45, 2.75) is 37.9 Å². The highest BCUT2D eigenvalue weighted by molar-refractivity contribution is 4.75. The molecule has 2 aliphatic rings. The second kappa shape index (κ2) is 2.67. The van der Waals surface area contributed by atoms with E-state index in [9.17, 15) is 5.11 Å². The van der Waals surface area contributed by atoms with Crippen LogP contribution in [0.3, 0.4) is 0 Å². The lowest BCUT2D eigenvalue weighted by atomic mass is 10.2. The van der Waals surface area contributed by atoms with Crippen molar-refractivity contribution in [1.82, 2.24) is 0 Å². The van der Waals surface area contributed by atoms with Crippen molar-refractivity contribution in [1.29, 1.82) is 0 Å². The van der Waals surface area contributed by atoms with Crippen LogP contribution in [0.1, 0.15) is 26.2 Å². The lowest BCUT2D eigenvalue weighted by molar-refractivity contribution is -0.375. The molecule has 2 atom stereocenters. The molecule has 2 rings (SSSR count). The van der Waals surface area contributed by atoms with Crippen LogP contribution < -0.4 is 0 Å². The summed E-state index contributed by atoms with van der Waals surface area (Å²) in [6.45, 7) is 2.42. The lowest BCUT2D eigenvalue weighted by Crippen LogP contribution is -2.39. The molecule has 0 aromatic rings. The Morgan fingerprint density at radius 3 is 2.58 bits per heavy atom. The highest BCUT2D eigenvalue weighted by Crippen LogP contribution is 2.36. The Morgan fingerprint density at radius 1 is 1.25 bits per heavy atom. The molecule has 2 aliphatic heterocycles. The standard InChI is InChI=1S/C8H14O4/c1-7(9)6-11-8(12-7)4-2-3-5-10-8/h9H,2-6H2,1H3. The van der Waals surface area contributed by atoms with Gasteiger partial charge < -0.3 is 14.6 Å². The largest absolute Gasteiger partial charge is 0.364 e. The van der Waals surface area contributed by atoms with Crippen molar-refractivity contribution in [2.75, 3.05) is 13.2 Å². The van der Waals surface area contributed by atoms with Gasteiger partial charge in [0.1, 0.15) is 6.61 Å². The zero-order chi connectivity index (χ0) is 8.66. The molecule has 4 nitrogen and oxygen atoms in total. The van der Waals surface area contributed by atoms with Gasteiger partial charge in [-0.3, -0.25) is 4.74 Å². The van der Waals surface area contributed by atoms with E-state index in [1.165, 1.54) is 0 Å². The van der Waals surface area contributed by atoms with Crippen LogP contribution in [0.2, 0.25) is 0 Å². The monoisotopic (exact) mass is 174 g/mol. The van der Waals surface area contributed by atoms with Crippen LogP contribution in [-0.4, -0.2) is 30.1 Å². The van der Waals surface area contributed by atoms with E-state index >= 15 is 0 Å². The van der Waals surface area contributed by atoms with Crippen molar-refractivity contribution in [3.05, 3.63) is 0 Å². The molecule has 0 aliphatic carbocycles. The summed E-state index contributed by atoms with van der Waals surface area (Å²) in [6, 6.07) is 0. The third-order valence-corrected chi connectivity index (χ3v) is 2.13. The molecule has 4 heteroatoms. The van der Waals surface area contributed by atoms with E-state index in [2.05, 4.69) is 0 Å². The van der Waals surface area contributed by atoms with Gasteiger partial charge in [-0.15, -0.1) is 0 Å². The fourth-order valence-corrected chi connectivity index (χ4v) is 1.58. The molecule has 0 amide bonds. The zero-order valence-corrected chi connectivity index (χ0v) is 7.21. The van der Waals surface area contributed by atoms with Crippen LogP contribution in [0.5, 0.6) is 0 Å². The molecule has 0 bridgehead atoms. The summed E-state index contributed by atoms with van der Waals surface area (Å²) in [5, 5.41) is 9.48. The summed E-state index contributed by atoms with van der Waals surface area (Å²) in [6.07, 6.45) is 2.77. The maximum Gasteiger partial charge on any atom is 0.285 e. The molecule has 0 radical (unpaired) electrons. The first-order valence-electron chi connectivity index (χ1n) is 4.32. The molecule has 1 N–H and O–H groups in total. The molecule has 0 saturated carbocycles. The SMILES string of the molecule is CC1(O)COC2(CCCCO2)O1. The van der Waals surface area contributed by atoms with Crippen LogP contribution in [0, 0.1) is 0 Å². The fourth-order valence-electron chi connectivity index (χ4n) is 1.58. The normalized spacial score (nSPS) is 48.5. The third kappa shape index (κ3) is 1.47. The Balaban J connectivity index is 2.03.